The van der Waals surface area contributed by atoms with Gasteiger partial charge in [0.25, 0.3) is 0 Å². The molecule has 0 aliphatic carbocycles. The molecule has 0 fully saturated rings. The van der Waals surface area contributed by atoms with Crippen molar-refractivity contribution < 1.29 is 14.3 Å². The summed E-state index contributed by atoms with van der Waals surface area (Å²) in [5, 5.41) is -0.0211. The van der Waals surface area contributed by atoms with Crippen molar-refractivity contribution in [1.29, 1.82) is 0 Å². The molecule has 1 amide bonds. The van der Waals surface area contributed by atoms with E-state index in [1.807, 2.05) is 6.07 Å². The summed E-state index contributed by atoms with van der Waals surface area (Å²) >= 11 is 7.25. The van der Waals surface area contributed by atoms with Gasteiger partial charge in [-0.2, -0.15) is 4.98 Å². The summed E-state index contributed by atoms with van der Waals surface area (Å²) in [7, 11) is 0. The summed E-state index contributed by atoms with van der Waals surface area (Å²) in [6, 6.07) is 10.6. The lowest BCUT2D eigenvalue weighted by molar-refractivity contribution is 0.0598. The third kappa shape index (κ3) is 3.84. The van der Waals surface area contributed by atoms with Crippen LogP contribution in [0.15, 0.2) is 36.4 Å². The average Bonchev–Trinajstić information content (AvgIpc) is 2.97. The second-order valence-electron chi connectivity index (χ2n) is 6.45. The van der Waals surface area contributed by atoms with Crippen molar-refractivity contribution in [1.82, 2.24) is 9.97 Å². The van der Waals surface area contributed by atoms with E-state index in [4.69, 9.17) is 16.3 Å². The quantitative estimate of drug-likeness (QED) is 0.453. The van der Waals surface area contributed by atoms with Gasteiger partial charge in [0.05, 0.1) is 20.8 Å². The molecular weight excluding hydrogens is 374 g/mol. The van der Waals surface area contributed by atoms with Crippen molar-refractivity contribution in [2.75, 3.05) is 4.90 Å². The van der Waals surface area contributed by atoms with E-state index in [1.54, 1.807) is 51.1 Å². The first kappa shape index (κ1) is 18.3. The Hall–Kier alpha value is -2.51. The van der Waals surface area contributed by atoms with Gasteiger partial charge in [-0.15, -0.1) is 11.3 Å². The van der Waals surface area contributed by atoms with Crippen molar-refractivity contribution in [2.24, 2.45) is 0 Å². The van der Waals surface area contributed by atoms with Gasteiger partial charge < -0.3 is 4.74 Å². The van der Waals surface area contributed by atoms with Crippen LogP contribution in [-0.2, 0) is 4.74 Å². The summed E-state index contributed by atoms with van der Waals surface area (Å²) in [6.45, 7) is 5.35. The van der Waals surface area contributed by atoms with Gasteiger partial charge in [0.2, 0.25) is 5.28 Å². The standard InChI is InChI=1S/C18H16ClN3O3S/c1-18(2,3)25-17(24)22(11-7-5-4-6-8-11)15-14-13(20-16(19)21-15)9-12(10-23)26-14/h4-10H,1-3H3. The van der Waals surface area contributed by atoms with Gasteiger partial charge in [0, 0.05) is 0 Å². The Kier molecular flexibility index (Phi) is 4.93. The molecule has 3 aromatic rings. The number of ether oxygens (including phenoxy) is 1. The van der Waals surface area contributed by atoms with E-state index in [0.717, 1.165) is 6.29 Å². The number of hydrogen-bond donors (Lipinski definition) is 0. The molecule has 2 aromatic heterocycles. The molecule has 3 rings (SSSR count). The van der Waals surface area contributed by atoms with Crippen molar-refractivity contribution in [3.63, 3.8) is 0 Å². The summed E-state index contributed by atoms with van der Waals surface area (Å²) in [6.07, 6.45) is 0.130. The van der Waals surface area contributed by atoms with Gasteiger partial charge in [0.15, 0.2) is 12.1 Å². The molecule has 6 nitrogen and oxygen atoms in total. The Labute approximate surface area is 159 Å². The largest absolute Gasteiger partial charge is 0.443 e. The van der Waals surface area contributed by atoms with E-state index < -0.39 is 11.7 Å². The molecule has 2 heterocycles. The first-order valence-electron chi connectivity index (χ1n) is 7.79. The molecule has 8 heteroatoms. The third-order valence-electron chi connectivity index (χ3n) is 3.26. The lowest BCUT2D eigenvalue weighted by Crippen LogP contribution is -2.34. The summed E-state index contributed by atoms with van der Waals surface area (Å²) in [5.41, 5.74) is 0.374. The zero-order chi connectivity index (χ0) is 18.9. The van der Waals surface area contributed by atoms with Crippen molar-refractivity contribution >= 4 is 57.0 Å². The Morgan fingerprint density at radius 1 is 1.23 bits per heavy atom. The number of anilines is 2. The fourth-order valence-electron chi connectivity index (χ4n) is 2.31. The highest BCUT2D eigenvalue weighted by Crippen LogP contribution is 2.36. The number of thiophene rings is 1. The molecule has 26 heavy (non-hydrogen) atoms. The maximum atomic E-state index is 12.9. The van der Waals surface area contributed by atoms with Gasteiger partial charge >= 0.3 is 6.09 Å². The second kappa shape index (κ2) is 7.01. The van der Waals surface area contributed by atoms with E-state index in [9.17, 15) is 9.59 Å². The topological polar surface area (TPSA) is 72.4 Å². The van der Waals surface area contributed by atoms with Crippen LogP contribution in [0, 0.1) is 0 Å². The smallest absolute Gasteiger partial charge is 0.420 e. The van der Waals surface area contributed by atoms with Crippen LogP contribution >= 0.6 is 22.9 Å². The van der Waals surface area contributed by atoms with Gasteiger partial charge in [-0.05, 0) is 50.6 Å². The lowest BCUT2D eigenvalue weighted by Gasteiger charge is -2.27. The number of aldehydes is 1. The molecule has 0 N–H and O–H groups in total. The first-order chi connectivity index (χ1) is 12.3. The van der Waals surface area contributed by atoms with Crippen molar-refractivity contribution in [3.05, 3.63) is 46.6 Å². The van der Waals surface area contributed by atoms with Crippen molar-refractivity contribution in [2.45, 2.75) is 26.4 Å². The van der Waals surface area contributed by atoms with Crippen LogP contribution in [0.2, 0.25) is 5.28 Å². The van der Waals surface area contributed by atoms with Crippen LogP contribution < -0.4 is 4.90 Å². The van der Waals surface area contributed by atoms with E-state index in [1.165, 1.54) is 16.2 Å². The Balaban J connectivity index is 2.22. The summed E-state index contributed by atoms with van der Waals surface area (Å²) in [5.74, 6) is 0.276. The third-order valence-corrected chi connectivity index (χ3v) is 4.48. The molecule has 0 atom stereocenters. The number of carbonyl (C=O) groups excluding carboxylic acids is 2. The summed E-state index contributed by atoms with van der Waals surface area (Å²) in [4.78, 5) is 34.3. The maximum Gasteiger partial charge on any atom is 0.420 e. The summed E-state index contributed by atoms with van der Waals surface area (Å²) < 4.78 is 6.12. The lowest BCUT2D eigenvalue weighted by atomic mass is 10.2. The van der Waals surface area contributed by atoms with E-state index in [2.05, 4.69) is 9.97 Å². The SMILES string of the molecule is CC(C)(C)OC(=O)N(c1ccccc1)c1nc(Cl)nc2cc(C=O)sc12. The molecule has 0 saturated carbocycles. The minimum Gasteiger partial charge on any atom is -0.443 e. The molecule has 0 saturated heterocycles. The number of fused-ring (bicyclic) bond motifs is 1. The van der Waals surface area contributed by atoms with Crippen LogP contribution in [0.3, 0.4) is 0 Å². The highest BCUT2D eigenvalue weighted by atomic mass is 35.5. The monoisotopic (exact) mass is 389 g/mol. The molecular formula is C18H16ClN3O3S. The average molecular weight is 390 g/mol. The van der Waals surface area contributed by atoms with Crippen molar-refractivity contribution in [3.8, 4) is 0 Å². The molecule has 0 aliphatic rings. The number of amides is 1. The van der Waals surface area contributed by atoms with Crippen LogP contribution in [0.1, 0.15) is 30.4 Å². The number of nitrogens with zero attached hydrogens (tertiary/aromatic N) is 3. The Morgan fingerprint density at radius 3 is 2.54 bits per heavy atom. The van der Waals surface area contributed by atoms with Gasteiger partial charge in [-0.1, -0.05) is 18.2 Å². The number of carbonyl (C=O) groups is 2. The Bertz CT molecular complexity index is 967. The number of para-hydroxylation sites is 1. The molecule has 134 valence electrons. The predicted molar refractivity (Wildman–Crippen MR) is 103 cm³/mol. The minimum atomic E-state index is -0.691. The first-order valence-corrected chi connectivity index (χ1v) is 8.98. The van der Waals surface area contributed by atoms with E-state index in [-0.39, 0.29) is 11.1 Å². The molecule has 0 unspecified atom stereocenters. The Morgan fingerprint density at radius 2 is 1.92 bits per heavy atom. The molecule has 0 spiro atoms. The van der Waals surface area contributed by atoms with Gasteiger partial charge in [-0.3, -0.25) is 4.79 Å². The molecule has 0 bridgehead atoms. The number of halogens is 1. The fourth-order valence-corrected chi connectivity index (χ4v) is 3.38. The molecule has 0 radical (unpaired) electrons. The van der Waals surface area contributed by atoms with Crippen LogP contribution in [0.5, 0.6) is 0 Å². The van der Waals surface area contributed by atoms with E-state index >= 15 is 0 Å². The fraction of sp³-hybridized carbons (Fsp3) is 0.222. The molecule has 0 aliphatic heterocycles. The zero-order valence-electron chi connectivity index (χ0n) is 14.4. The number of aromatic nitrogens is 2. The van der Waals surface area contributed by atoms with Gasteiger partial charge in [-0.25, -0.2) is 14.7 Å². The van der Waals surface area contributed by atoms with Crippen LogP contribution in [0.25, 0.3) is 10.2 Å². The van der Waals surface area contributed by atoms with E-state index in [0.29, 0.717) is 20.8 Å². The number of benzene rings is 1. The predicted octanol–water partition coefficient (Wildman–Crippen LogP) is 5.23. The normalized spacial score (nSPS) is 11.4. The second-order valence-corrected chi connectivity index (χ2v) is 7.87. The minimum absolute atomic E-state index is 0.0211. The molecule has 1 aromatic carbocycles. The highest BCUT2D eigenvalue weighted by Gasteiger charge is 2.28. The zero-order valence-corrected chi connectivity index (χ0v) is 16.0. The number of hydrogen-bond acceptors (Lipinski definition) is 6. The van der Waals surface area contributed by atoms with Gasteiger partial charge in [0.1, 0.15) is 5.60 Å². The highest BCUT2D eigenvalue weighted by molar-refractivity contribution is 7.21. The number of rotatable bonds is 3. The van der Waals surface area contributed by atoms with Crippen LogP contribution in [-0.4, -0.2) is 27.9 Å². The maximum absolute atomic E-state index is 12.9. The van der Waals surface area contributed by atoms with Crippen LogP contribution in [0.4, 0.5) is 16.3 Å².